The summed E-state index contributed by atoms with van der Waals surface area (Å²) in [5.74, 6) is 0.0616. The molecule has 5 nitrogen and oxygen atoms in total. The molecule has 2 amide bonds. The lowest BCUT2D eigenvalue weighted by molar-refractivity contribution is -0.117. The number of carbonyl (C=O) groups excluding carboxylic acids is 2. The Morgan fingerprint density at radius 1 is 1.15 bits per heavy atom. The van der Waals surface area contributed by atoms with E-state index in [0.717, 1.165) is 40.8 Å². The Bertz CT molecular complexity index is 1010. The maximum Gasteiger partial charge on any atom is 0.252 e. The summed E-state index contributed by atoms with van der Waals surface area (Å²) >= 11 is 0. The van der Waals surface area contributed by atoms with Crippen LogP contribution in [-0.4, -0.2) is 23.3 Å². The minimum Gasteiger partial charge on any atom is -0.348 e. The zero-order valence-corrected chi connectivity index (χ0v) is 15.2. The average molecular weight is 359 g/mol. The highest BCUT2D eigenvalue weighted by Crippen LogP contribution is 2.22. The topological polar surface area (TPSA) is 62.3 Å². The van der Waals surface area contributed by atoms with Gasteiger partial charge in [0.1, 0.15) is 0 Å². The minimum atomic E-state index is -0.115. The largest absolute Gasteiger partial charge is 0.348 e. The molecular weight excluding hydrogens is 338 g/mol. The monoisotopic (exact) mass is 359 g/mol. The maximum absolute atomic E-state index is 12.7. The predicted octanol–water partition coefficient (Wildman–Crippen LogP) is 3.60. The Morgan fingerprint density at radius 2 is 1.93 bits per heavy atom. The Kier molecular flexibility index (Phi) is 4.59. The van der Waals surface area contributed by atoms with Crippen molar-refractivity contribution in [2.75, 3.05) is 11.4 Å². The molecule has 2 aromatic carbocycles. The van der Waals surface area contributed by atoms with Crippen LogP contribution in [0.4, 0.5) is 5.69 Å². The number of nitrogens with one attached hydrogen (secondary N) is 1. The maximum atomic E-state index is 12.7. The highest BCUT2D eigenvalue weighted by Gasteiger charge is 2.21. The molecule has 1 N–H and O–H groups in total. The number of aryl methyl sites for hydroxylation is 1. The van der Waals surface area contributed by atoms with Crippen molar-refractivity contribution in [1.29, 1.82) is 0 Å². The summed E-state index contributed by atoms with van der Waals surface area (Å²) < 4.78 is 0. The zero-order chi connectivity index (χ0) is 18.8. The molecule has 3 aromatic rings. The Hall–Kier alpha value is -3.21. The van der Waals surface area contributed by atoms with Crippen molar-refractivity contribution in [3.05, 3.63) is 71.4 Å². The first-order chi connectivity index (χ1) is 13.1. The summed E-state index contributed by atoms with van der Waals surface area (Å²) in [6, 6.07) is 17.3. The van der Waals surface area contributed by atoms with Gasteiger partial charge in [0.05, 0.1) is 11.1 Å². The molecule has 27 heavy (non-hydrogen) atoms. The molecule has 5 heteroatoms. The SMILES string of the molecule is Cc1cc(C(=O)NCc2ccc(N3CCCC3=O)cc2)c2ccccc2n1. The second-order valence-electron chi connectivity index (χ2n) is 6.83. The first-order valence-electron chi connectivity index (χ1n) is 9.16. The number of carbonyl (C=O) groups is 2. The third-order valence-corrected chi connectivity index (χ3v) is 4.86. The summed E-state index contributed by atoms with van der Waals surface area (Å²) in [5.41, 5.74) is 4.19. The molecule has 1 aliphatic rings. The van der Waals surface area contributed by atoms with Gasteiger partial charge < -0.3 is 10.2 Å². The number of rotatable bonds is 4. The number of aromatic nitrogens is 1. The van der Waals surface area contributed by atoms with E-state index in [9.17, 15) is 9.59 Å². The molecule has 0 radical (unpaired) electrons. The van der Waals surface area contributed by atoms with Gasteiger partial charge in [0.15, 0.2) is 0 Å². The molecule has 1 fully saturated rings. The molecule has 1 aromatic heterocycles. The van der Waals surface area contributed by atoms with E-state index in [1.807, 2.05) is 66.4 Å². The van der Waals surface area contributed by atoms with Crippen LogP contribution in [0.3, 0.4) is 0 Å². The fourth-order valence-electron chi connectivity index (χ4n) is 3.49. The van der Waals surface area contributed by atoms with E-state index in [2.05, 4.69) is 10.3 Å². The van der Waals surface area contributed by atoms with Gasteiger partial charge in [-0.3, -0.25) is 14.6 Å². The van der Waals surface area contributed by atoms with Crippen molar-refractivity contribution in [3.63, 3.8) is 0 Å². The fourth-order valence-corrected chi connectivity index (χ4v) is 3.49. The highest BCUT2D eigenvalue weighted by molar-refractivity contribution is 6.06. The molecule has 0 saturated carbocycles. The Morgan fingerprint density at radius 3 is 2.67 bits per heavy atom. The number of hydrogen-bond acceptors (Lipinski definition) is 3. The molecule has 1 saturated heterocycles. The van der Waals surface area contributed by atoms with Crippen LogP contribution in [0.2, 0.25) is 0 Å². The summed E-state index contributed by atoms with van der Waals surface area (Å²) in [6.45, 7) is 3.10. The first-order valence-corrected chi connectivity index (χ1v) is 9.16. The van der Waals surface area contributed by atoms with E-state index in [1.54, 1.807) is 0 Å². The van der Waals surface area contributed by atoms with Crippen molar-refractivity contribution in [2.45, 2.75) is 26.3 Å². The fraction of sp³-hybridized carbons (Fsp3) is 0.227. The van der Waals surface area contributed by atoms with E-state index < -0.39 is 0 Å². The molecule has 0 atom stereocenters. The van der Waals surface area contributed by atoms with Gasteiger partial charge in [0, 0.05) is 36.3 Å². The lowest BCUT2D eigenvalue weighted by Gasteiger charge is -2.16. The molecule has 0 unspecified atom stereocenters. The van der Waals surface area contributed by atoms with E-state index >= 15 is 0 Å². The van der Waals surface area contributed by atoms with Crippen LogP contribution in [0.25, 0.3) is 10.9 Å². The van der Waals surface area contributed by atoms with Gasteiger partial charge in [-0.2, -0.15) is 0 Å². The van der Waals surface area contributed by atoms with Crippen LogP contribution in [0, 0.1) is 6.92 Å². The number of nitrogens with zero attached hydrogens (tertiary/aromatic N) is 2. The molecule has 4 rings (SSSR count). The molecule has 0 aliphatic carbocycles. The highest BCUT2D eigenvalue weighted by atomic mass is 16.2. The normalized spacial score (nSPS) is 14.0. The van der Waals surface area contributed by atoms with Gasteiger partial charge in [-0.15, -0.1) is 0 Å². The van der Waals surface area contributed by atoms with E-state index in [4.69, 9.17) is 0 Å². The first kappa shape index (κ1) is 17.2. The second kappa shape index (κ2) is 7.19. The van der Waals surface area contributed by atoms with E-state index in [1.165, 1.54) is 0 Å². The van der Waals surface area contributed by atoms with Crippen LogP contribution in [0.15, 0.2) is 54.6 Å². The standard InChI is InChI=1S/C22H21N3O2/c1-15-13-19(18-5-2-3-6-20(18)24-15)22(27)23-14-16-8-10-17(11-9-16)25-12-4-7-21(25)26/h2-3,5-6,8-11,13H,4,7,12,14H2,1H3,(H,23,27). The molecule has 0 spiro atoms. The third kappa shape index (κ3) is 3.53. The number of hydrogen-bond donors (Lipinski definition) is 1. The number of anilines is 1. The second-order valence-corrected chi connectivity index (χ2v) is 6.83. The summed E-state index contributed by atoms with van der Waals surface area (Å²) in [4.78, 5) is 30.8. The van der Waals surface area contributed by atoms with Gasteiger partial charge in [0.25, 0.3) is 5.91 Å². The quantitative estimate of drug-likeness (QED) is 0.774. The smallest absolute Gasteiger partial charge is 0.252 e. The van der Waals surface area contributed by atoms with Gasteiger partial charge in [-0.05, 0) is 43.2 Å². The Labute approximate surface area is 158 Å². The van der Waals surface area contributed by atoms with E-state index in [0.29, 0.717) is 18.5 Å². The van der Waals surface area contributed by atoms with Gasteiger partial charge in [-0.1, -0.05) is 30.3 Å². The van der Waals surface area contributed by atoms with Crippen LogP contribution < -0.4 is 10.2 Å². The summed E-state index contributed by atoms with van der Waals surface area (Å²) in [6.07, 6.45) is 1.53. The van der Waals surface area contributed by atoms with Crippen molar-refractivity contribution >= 4 is 28.4 Å². The summed E-state index contributed by atoms with van der Waals surface area (Å²) in [5, 5.41) is 3.84. The number of pyridine rings is 1. The summed E-state index contributed by atoms with van der Waals surface area (Å²) in [7, 11) is 0. The molecule has 1 aliphatic heterocycles. The minimum absolute atomic E-state index is 0.115. The van der Waals surface area contributed by atoms with E-state index in [-0.39, 0.29) is 11.8 Å². The predicted molar refractivity (Wildman–Crippen MR) is 106 cm³/mol. The number of para-hydroxylation sites is 1. The van der Waals surface area contributed by atoms with Gasteiger partial charge >= 0.3 is 0 Å². The van der Waals surface area contributed by atoms with Crippen LogP contribution in [0.1, 0.15) is 34.5 Å². The van der Waals surface area contributed by atoms with Gasteiger partial charge in [-0.25, -0.2) is 0 Å². The zero-order valence-electron chi connectivity index (χ0n) is 15.2. The van der Waals surface area contributed by atoms with Gasteiger partial charge in [0.2, 0.25) is 5.91 Å². The molecule has 2 heterocycles. The Balaban J connectivity index is 1.47. The van der Waals surface area contributed by atoms with Crippen molar-refractivity contribution in [2.24, 2.45) is 0 Å². The number of fused-ring (bicyclic) bond motifs is 1. The van der Waals surface area contributed by atoms with Crippen LogP contribution in [-0.2, 0) is 11.3 Å². The van der Waals surface area contributed by atoms with Crippen molar-refractivity contribution in [3.8, 4) is 0 Å². The molecule has 136 valence electrons. The molecule has 0 bridgehead atoms. The number of amides is 2. The van der Waals surface area contributed by atoms with Crippen LogP contribution in [0.5, 0.6) is 0 Å². The third-order valence-electron chi connectivity index (χ3n) is 4.86. The van der Waals surface area contributed by atoms with Crippen molar-refractivity contribution < 1.29 is 9.59 Å². The van der Waals surface area contributed by atoms with Crippen LogP contribution >= 0.6 is 0 Å². The van der Waals surface area contributed by atoms with Crippen molar-refractivity contribution in [1.82, 2.24) is 10.3 Å². The average Bonchev–Trinajstić information content (AvgIpc) is 3.11. The lowest BCUT2D eigenvalue weighted by atomic mass is 10.1. The molecular formula is C22H21N3O2. The lowest BCUT2D eigenvalue weighted by Crippen LogP contribution is -2.24. The number of benzene rings is 2.